The average molecular weight is 309 g/mol. The summed E-state index contributed by atoms with van der Waals surface area (Å²) in [6, 6.07) is 8.65. The number of hydrogen-bond acceptors (Lipinski definition) is 2. The molecule has 0 spiro atoms. The average Bonchev–Trinajstić information content (AvgIpc) is 2.52. The van der Waals surface area contributed by atoms with E-state index in [1.54, 1.807) is 0 Å². The Bertz CT molecular complexity index is 429. The van der Waals surface area contributed by atoms with Crippen molar-refractivity contribution < 1.29 is 0 Å². The third-order valence-corrected chi connectivity index (χ3v) is 5.30. The minimum Gasteiger partial charge on any atom is -0.316 e. The van der Waals surface area contributed by atoms with E-state index in [2.05, 4.69) is 43.2 Å². The van der Waals surface area contributed by atoms with E-state index in [9.17, 15) is 0 Å². The van der Waals surface area contributed by atoms with Crippen molar-refractivity contribution in [1.82, 2.24) is 10.2 Å². The fraction of sp³-hybridized carbons (Fsp3) is 0.667. The van der Waals surface area contributed by atoms with E-state index in [4.69, 9.17) is 11.6 Å². The van der Waals surface area contributed by atoms with Crippen LogP contribution in [0.1, 0.15) is 44.7 Å². The Balaban J connectivity index is 1.81. The molecule has 3 atom stereocenters. The molecule has 1 N–H and O–H groups in total. The predicted molar refractivity (Wildman–Crippen MR) is 91.9 cm³/mol. The van der Waals surface area contributed by atoms with Gasteiger partial charge in [0.1, 0.15) is 0 Å². The minimum absolute atomic E-state index is 0.417. The Morgan fingerprint density at radius 2 is 2.19 bits per heavy atom. The summed E-state index contributed by atoms with van der Waals surface area (Å²) >= 11 is 6.10. The second-order valence-corrected chi connectivity index (χ2v) is 7.02. The van der Waals surface area contributed by atoms with E-state index in [1.807, 2.05) is 12.1 Å². The van der Waals surface area contributed by atoms with Crippen LogP contribution in [0.15, 0.2) is 24.3 Å². The monoisotopic (exact) mass is 308 g/mol. The molecule has 0 amide bonds. The maximum atomic E-state index is 6.10. The molecule has 2 rings (SSSR count). The Morgan fingerprint density at radius 3 is 2.86 bits per heavy atom. The summed E-state index contributed by atoms with van der Waals surface area (Å²) in [6.45, 7) is 8.23. The maximum absolute atomic E-state index is 6.10. The van der Waals surface area contributed by atoms with Crippen molar-refractivity contribution in [1.29, 1.82) is 0 Å². The second kappa shape index (κ2) is 8.17. The Hall–Kier alpha value is -0.570. The van der Waals surface area contributed by atoms with Crippen LogP contribution in [0.2, 0.25) is 5.02 Å². The van der Waals surface area contributed by atoms with E-state index < -0.39 is 0 Å². The van der Waals surface area contributed by atoms with Gasteiger partial charge in [0.05, 0.1) is 0 Å². The summed E-state index contributed by atoms with van der Waals surface area (Å²) in [4.78, 5) is 2.44. The molecule has 0 radical (unpaired) electrons. The molecule has 0 saturated carbocycles. The van der Waals surface area contributed by atoms with Gasteiger partial charge in [-0.1, -0.05) is 30.7 Å². The Kier molecular flexibility index (Phi) is 6.53. The second-order valence-electron chi connectivity index (χ2n) is 6.58. The number of piperidine rings is 1. The van der Waals surface area contributed by atoms with Crippen LogP contribution in [-0.2, 0) is 0 Å². The van der Waals surface area contributed by atoms with Crippen LogP contribution in [0, 0.1) is 11.8 Å². The van der Waals surface area contributed by atoms with Crippen LogP contribution in [0.5, 0.6) is 0 Å². The van der Waals surface area contributed by atoms with E-state index in [1.165, 1.54) is 37.9 Å². The molecule has 118 valence electrons. The number of nitrogens with one attached hydrogen (secondary N) is 1. The molecule has 3 heteroatoms. The van der Waals surface area contributed by atoms with Gasteiger partial charge in [-0.25, -0.2) is 0 Å². The number of benzene rings is 1. The van der Waals surface area contributed by atoms with Gasteiger partial charge in [-0.15, -0.1) is 0 Å². The van der Waals surface area contributed by atoms with Crippen LogP contribution in [-0.4, -0.2) is 31.6 Å². The highest BCUT2D eigenvalue weighted by Crippen LogP contribution is 2.25. The number of rotatable bonds is 6. The van der Waals surface area contributed by atoms with Crippen molar-refractivity contribution in [3.8, 4) is 0 Å². The van der Waals surface area contributed by atoms with E-state index in [-0.39, 0.29) is 0 Å². The lowest BCUT2D eigenvalue weighted by molar-refractivity contribution is 0.206. The van der Waals surface area contributed by atoms with Gasteiger partial charge in [0.2, 0.25) is 0 Å². The summed E-state index contributed by atoms with van der Waals surface area (Å²) in [6.07, 6.45) is 4.00. The number of nitrogens with zero attached hydrogens (tertiary/aromatic N) is 1. The van der Waals surface area contributed by atoms with Gasteiger partial charge in [0.25, 0.3) is 0 Å². The topological polar surface area (TPSA) is 15.3 Å². The first-order chi connectivity index (χ1) is 10.1. The van der Waals surface area contributed by atoms with Crippen molar-refractivity contribution in [2.45, 2.75) is 39.2 Å². The number of hydrogen-bond donors (Lipinski definition) is 1. The van der Waals surface area contributed by atoms with Crippen LogP contribution in [0.25, 0.3) is 0 Å². The van der Waals surface area contributed by atoms with Crippen molar-refractivity contribution in [3.05, 3.63) is 34.9 Å². The molecule has 1 aromatic carbocycles. The lowest BCUT2D eigenvalue weighted by atomic mass is 9.85. The van der Waals surface area contributed by atoms with Gasteiger partial charge in [-0.3, -0.25) is 4.90 Å². The normalized spacial score (nSPS) is 22.2. The first kappa shape index (κ1) is 16.8. The smallest absolute Gasteiger partial charge is 0.0409 e. The summed E-state index contributed by atoms with van der Waals surface area (Å²) in [5.74, 6) is 1.65. The van der Waals surface area contributed by atoms with Crippen LogP contribution in [0.4, 0.5) is 0 Å². The molecule has 1 saturated heterocycles. The summed E-state index contributed by atoms with van der Waals surface area (Å²) in [7, 11) is 2.22. The van der Waals surface area contributed by atoms with Gasteiger partial charge >= 0.3 is 0 Å². The van der Waals surface area contributed by atoms with Crippen molar-refractivity contribution >= 4 is 11.6 Å². The molecule has 0 bridgehead atoms. The lowest BCUT2D eigenvalue weighted by Gasteiger charge is -2.31. The third kappa shape index (κ3) is 4.98. The fourth-order valence-corrected chi connectivity index (χ4v) is 3.42. The zero-order valence-electron chi connectivity index (χ0n) is 13.6. The molecule has 1 heterocycles. The van der Waals surface area contributed by atoms with Gasteiger partial charge in [-0.2, -0.15) is 0 Å². The van der Waals surface area contributed by atoms with E-state index >= 15 is 0 Å². The van der Waals surface area contributed by atoms with E-state index in [0.29, 0.717) is 6.04 Å². The predicted octanol–water partition coefficient (Wildman–Crippen LogP) is 4.36. The lowest BCUT2D eigenvalue weighted by Crippen LogP contribution is -2.34. The van der Waals surface area contributed by atoms with E-state index in [0.717, 1.165) is 23.4 Å². The molecule has 1 aliphatic heterocycles. The van der Waals surface area contributed by atoms with Crippen LogP contribution in [0.3, 0.4) is 0 Å². The minimum atomic E-state index is 0.417. The third-order valence-electron chi connectivity index (χ3n) is 5.07. The largest absolute Gasteiger partial charge is 0.316 e. The molecule has 0 aromatic heterocycles. The van der Waals surface area contributed by atoms with Gasteiger partial charge < -0.3 is 5.32 Å². The van der Waals surface area contributed by atoms with Crippen molar-refractivity contribution in [3.63, 3.8) is 0 Å². The standard InChI is InChI=1S/C18H29ClN2/c1-14(17-7-5-10-20-13-17)9-11-21(3)15(2)16-6-4-8-18(19)12-16/h4,6,8,12,14-15,17,20H,5,7,9-11,13H2,1-3H3. The molecule has 1 aromatic rings. The zero-order chi connectivity index (χ0) is 15.2. The van der Waals surface area contributed by atoms with Crippen molar-refractivity contribution in [2.75, 3.05) is 26.7 Å². The fourth-order valence-electron chi connectivity index (χ4n) is 3.22. The first-order valence-electron chi connectivity index (χ1n) is 8.24. The molecule has 2 nitrogen and oxygen atoms in total. The Morgan fingerprint density at radius 1 is 1.38 bits per heavy atom. The summed E-state index contributed by atoms with van der Waals surface area (Å²) in [5, 5.41) is 4.36. The molecule has 21 heavy (non-hydrogen) atoms. The number of halogens is 1. The van der Waals surface area contributed by atoms with Gasteiger partial charge in [0, 0.05) is 11.1 Å². The highest BCUT2D eigenvalue weighted by Gasteiger charge is 2.21. The maximum Gasteiger partial charge on any atom is 0.0409 e. The SMILES string of the molecule is CC(CCN(C)C(C)c1cccc(Cl)c1)C1CCCNC1. The first-order valence-corrected chi connectivity index (χ1v) is 8.62. The molecular formula is C18H29ClN2. The Labute approximate surface area is 134 Å². The molecular weight excluding hydrogens is 280 g/mol. The van der Waals surface area contributed by atoms with Crippen LogP contribution >= 0.6 is 11.6 Å². The molecule has 0 aliphatic carbocycles. The van der Waals surface area contributed by atoms with Gasteiger partial charge in [-0.05, 0) is 82.4 Å². The summed E-state index contributed by atoms with van der Waals surface area (Å²) in [5.41, 5.74) is 1.30. The molecule has 1 fully saturated rings. The zero-order valence-corrected chi connectivity index (χ0v) is 14.4. The quantitative estimate of drug-likeness (QED) is 0.840. The highest BCUT2D eigenvalue weighted by atomic mass is 35.5. The molecule has 1 aliphatic rings. The summed E-state index contributed by atoms with van der Waals surface area (Å²) < 4.78 is 0. The van der Waals surface area contributed by atoms with Gasteiger partial charge in [0.15, 0.2) is 0 Å². The van der Waals surface area contributed by atoms with Crippen molar-refractivity contribution in [2.24, 2.45) is 11.8 Å². The highest BCUT2D eigenvalue weighted by molar-refractivity contribution is 6.30. The molecule has 3 unspecified atom stereocenters. The van der Waals surface area contributed by atoms with Crippen LogP contribution < -0.4 is 5.32 Å².